The summed E-state index contributed by atoms with van der Waals surface area (Å²) in [5.74, 6) is 0. The molecular weight excluding hydrogens is 276 g/mol. The van der Waals surface area contributed by atoms with Gasteiger partial charge in [-0.15, -0.1) is 0 Å². The molecule has 0 saturated carbocycles. The molecule has 1 atom stereocenters. The number of ether oxygens (including phenoxy) is 1. The molecule has 0 aliphatic carbocycles. The number of hydrogen-bond acceptors (Lipinski definition) is 6. The molecule has 0 amide bonds. The number of nitrogens with one attached hydrogen (secondary N) is 1. The Balaban J connectivity index is 0.000000270. The third-order valence-electron chi connectivity index (χ3n) is 2.85. The summed E-state index contributed by atoms with van der Waals surface area (Å²) in [6, 6.07) is 0.262. The third-order valence-corrected chi connectivity index (χ3v) is 2.85. The number of piperidine rings is 1. The number of nitrogens with zero attached hydrogens (tertiary/aromatic N) is 3. The Hall–Kier alpha value is -1.96. The number of carbonyl (C=O) groups excluding carboxylic acids is 1. The average molecular weight is 298 g/mol. The second kappa shape index (κ2) is 7.72. The number of hydrogen-bond donors (Lipinski definition) is 1. The van der Waals surface area contributed by atoms with Crippen LogP contribution in [-0.2, 0) is 9.53 Å². The fourth-order valence-corrected chi connectivity index (χ4v) is 1.83. The first-order chi connectivity index (χ1) is 9.83. The number of aromatic nitrogens is 2. The van der Waals surface area contributed by atoms with E-state index in [1.165, 1.54) is 12.4 Å². The number of nitro groups is 1. The first kappa shape index (κ1) is 17.1. The molecule has 1 saturated heterocycles. The van der Waals surface area contributed by atoms with Crippen molar-refractivity contribution < 1.29 is 14.5 Å². The molecule has 1 unspecified atom stereocenters. The van der Waals surface area contributed by atoms with Gasteiger partial charge >= 0.3 is 5.69 Å². The van der Waals surface area contributed by atoms with Crippen LogP contribution < -0.4 is 5.32 Å². The summed E-state index contributed by atoms with van der Waals surface area (Å²) in [6.07, 6.45) is 4.93. The van der Waals surface area contributed by atoms with E-state index >= 15 is 0 Å². The Bertz CT molecular complexity index is 461. The van der Waals surface area contributed by atoms with Gasteiger partial charge in [0.25, 0.3) is 6.47 Å². The van der Waals surface area contributed by atoms with Crippen LogP contribution in [0, 0.1) is 10.1 Å². The van der Waals surface area contributed by atoms with Crippen LogP contribution in [0.25, 0.3) is 0 Å². The van der Waals surface area contributed by atoms with Gasteiger partial charge in [-0.2, -0.15) is 5.10 Å². The molecule has 0 spiro atoms. The molecule has 2 rings (SSSR count). The quantitative estimate of drug-likeness (QED) is 0.517. The van der Waals surface area contributed by atoms with Crippen molar-refractivity contribution >= 4 is 12.2 Å². The van der Waals surface area contributed by atoms with Gasteiger partial charge in [0.2, 0.25) is 0 Å². The molecule has 1 N–H and O–H groups in total. The molecule has 1 aliphatic heterocycles. The predicted octanol–water partition coefficient (Wildman–Crippen LogP) is 1.67. The van der Waals surface area contributed by atoms with E-state index < -0.39 is 4.92 Å². The minimum absolute atomic E-state index is 0.0653. The molecule has 1 aliphatic rings. The second-order valence-corrected chi connectivity index (χ2v) is 5.76. The van der Waals surface area contributed by atoms with Gasteiger partial charge in [0.15, 0.2) is 0 Å². The van der Waals surface area contributed by atoms with E-state index in [2.05, 4.69) is 15.2 Å². The molecule has 1 aromatic heterocycles. The summed E-state index contributed by atoms with van der Waals surface area (Å²) in [6.45, 7) is 7.79. The van der Waals surface area contributed by atoms with E-state index in [9.17, 15) is 14.9 Å². The van der Waals surface area contributed by atoms with Crippen molar-refractivity contribution in [1.29, 1.82) is 0 Å². The van der Waals surface area contributed by atoms with Crippen LogP contribution in [-0.4, -0.2) is 39.9 Å². The molecule has 8 heteroatoms. The van der Waals surface area contributed by atoms with E-state index in [4.69, 9.17) is 0 Å². The lowest BCUT2D eigenvalue weighted by molar-refractivity contribution is -0.385. The SMILES string of the molecule is CC(C)(C)OC=O.O=[N+]([O-])c1cnn(C2CCCNC2)c1. The largest absolute Gasteiger partial charge is 0.462 e. The lowest BCUT2D eigenvalue weighted by Gasteiger charge is -2.22. The maximum atomic E-state index is 10.4. The number of rotatable bonds is 3. The van der Waals surface area contributed by atoms with Gasteiger partial charge in [-0.05, 0) is 40.2 Å². The molecule has 0 radical (unpaired) electrons. The smallest absolute Gasteiger partial charge is 0.307 e. The van der Waals surface area contributed by atoms with E-state index in [1.807, 2.05) is 20.8 Å². The van der Waals surface area contributed by atoms with Crippen LogP contribution in [0.5, 0.6) is 0 Å². The highest BCUT2D eigenvalue weighted by Gasteiger charge is 2.18. The first-order valence-electron chi connectivity index (χ1n) is 6.84. The minimum atomic E-state index is -0.417. The van der Waals surface area contributed by atoms with Crippen molar-refractivity contribution in [2.24, 2.45) is 0 Å². The average Bonchev–Trinajstić information content (AvgIpc) is 2.89. The molecule has 2 heterocycles. The van der Waals surface area contributed by atoms with Gasteiger partial charge in [0.05, 0.1) is 11.0 Å². The zero-order valence-corrected chi connectivity index (χ0v) is 12.6. The summed E-state index contributed by atoms with van der Waals surface area (Å²) in [7, 11) is 0. The van der Waals surface area contributed by atoms with Gasteiger partial charge in [-0.3, -0.25) is 19.6 Å². The molecule has 118 valence electrons. The Morgan fingerprint density at radius 2 is 2.29 bits per heavy atom. The second-order valence-electron chi connectivity index (χ2n) is 5.76. The summed E-state index contributed by atoms with van der Waals surface area (Å²) in [5, 5.41) is 17.7. The maximum Gasteiger partial charge on any atom is 0.307 e. The van der Waals surface area contributed by atoms with E-state index in [0.717, 1.165) is 25.9 Å². The van der Waals surface area contributed by atoms with Crippen molar-refractivity contribution in [3.63, 3.8) is 0 Å². The van der Waals surface area contributed by atoms with Crippen LogP contribution in [0.15, 0.2) is 12.4 Å². The molecule has 1 aromatic rings. The van der Waals surface area contributed by atoms with Crippen LogP contribution >= 0.6 is 0 Å². The summed E-state index contributed by atoms with van der Waals surface area (Å²) >= 11 is 0. The lowest BCUT2D eigenvalue weighted by atomic mass is 10.1. The zero-order chi connectivity index (χ0) is 15.9. The Morgan fingerprint density at radius 3 is 2.67 bits per heavy atom. The molecule has 21 heavy (non-hydrogen) atoms. The third kappa shape index (κ3) is 6.35. The van der Waals surface area contributed by atoms with Crippen molar-refractivity contribution in [3.8, 4) is 0 Å². The van der Waals surface area contributed by atoms with E-state index in [0.29, 0.717) is 6.47 Å². The standard InChI is InChI=1S/C8H12N4O2.C5H10O2/c13-12(14)8-5-10-11(6-8)7-2-1-3-9-4-7;1-5(2,3)7-4-6/h5-7,9H,1-4H2;4H,1-3H3. The molecule has 0 bridgehead atoms. The van der Waals surface area contributed by atoms with Gasteiger partial charge in [-0.25, -0.2) is 0 Å². The van der Waals surface area contributed by atoms with Crippen LogP contribution in [0.4, 0.5) is 5.69 Å². The van der Waals surface area contributed by atoms with Crippen molar-refractivity contribution in [1.82, 2.24) is 15.1 Å². The highest BCUT2D eigenvalue weighted by atomic mass is 16.6. The fourth-order valence-electron chi connectivity index (χ4n) is 1.83. The Labute approximate surface area is 123 Å². The number of carbonyl (C=O) groups is 1. The van der Waals surface area contributed by atoms with Crippen molar-refractivity contribution in [2.45, 2.75) is 45.3 Å². The predicted molar refractivity (Wildman–Crippen MR) is 76.9 cm³/mol. The van der Waals surface area contributed by atoms with Crippen molar-refractivity contribution in [3.05, 3.63) is 22.5 Å². The van der Waals surface area contributed by atoms with Crippen LogP contribution in [0.3, 0.4) is 0 Å². The Kier molecular flexibility index (Phi) is 6.29. The monoisotopic (exact) mass is 298 g/mol. The first-order valence-corrected chi connectivity index (χ1v) is 6.84. The van der Waals surface area contributed by atoms with Crippen LogP contribution in [0.1, 0.15) is 39.7 Å². The minimum Gasteiger partial charge on any atom is -0.462 e. The molecule has 1 fully saturated rings. The fraction of sp³-hybridized carbons (Fsp3) is 0.692. The molecular formula is C13H22N4O4. The highest BCUT2D eigenvalue weighted by Crippen LogP contribution is 2.18. The van der Waals surface area contributed by atoms with E-state index in [-0.39, 0.29) is 17.3 Å². The van der Waals surface area contributed by atoms with Gasteiger partial charge in [0, 0.05) is 6.54 Å². The van der Waals surface area contributed by atoms with Gasteiger partial charge in [-0.1, -0.05) is 0 Å². The summed E-state index contributed by atoms with van der Waals surface area (Å²) < 4.78 is 6.23. The summed E-state index contributed by atoms with van der Waals surface area (Å²) in [4.78, 5) is 19.6. The summed E-state index contributed by atoms with van der Waals surface area (Å²) in [5.41, 5.74) is -0.252. The van der Waals surface area contributed by atoms with Gasteiger partial charge in [0.1, 0.15) is 18.0 Å². The normalized spacial score (nSPS) is 18.3. The maximum absolute atomic E-state index is 10.4. The zero-order valence-electron chi connectivity index (χ0n) is 12.6. The Morgan fingerprint density at radius 1 is 1.57 bits per heavy atom. The van der Waals surface area contributed by atoms with Crippen LogP contribution in [0.2, 0.25) is 0 Å². The van der Waals surface area contributed by atoms with Crippen molar-refractivity contribution in [2.75, 3.05) is 13.1 Å². The molecule has 8 nitrogen and oxygen atoms in total. The topological polar surface area (TPSA) is 99.3 Å². The lowest BCUT2D eigenvalue weighted by Crippen LogP contribution is -2.31. The van der Waals surface area contributed by atoms with Gasteiger partial charge < -0.3 is 10.1 Å². The van der Waals surface area contributed by atoms with E-state index in [1.54, 1.807) is 4.68 Å². The highest BCUT2D eigenvalue weighted by molar-refractivity contribution is 5.37. The molecule has 0 aromatic carbocycles.